The minimum atomic E-state index is -4.96. The summed E-state index contributed by atoms with van der Waals surface area (Å²) in [6.45, 7) is 3.47. The number of hydrogen-bond donors (Lipinski definition) is 6. The quantitative estimate of drug-likeness (QED) is 0.0703. The van der Waals surface area contributed by atoms with Gasteiger partial charge in [-0.25, -0.2) is 11.1 Å². The molecule has 0 aliphatic rings. The first-order valence-corrected chi connectivity index (χ1v) is 17.0. The van der Waals surface area contributed by atoms with Crippen LogP contribution in [0.15, 0.2) is 105 Å². The van der Waals surface area contributed by atoms with Crippen molar-refractivity contribution in [3.63, 3.8) is 0 Å². The Balaban J connectivity index is 1.56. The third-order valence-electron chi connectivity index (χ3n) is 8.30. The van der Waals surface area contributed by atoms with Gasteiger partial charge in [0.05, 0.1) is 0 Å². The summed E-state index contributed by atoms with van der Waals surface area (Å²) in [7, 11) is -9.92. The van der Waals surface area contributed by atoms with E-state index in [9.17, 15) is 36.2 Å². The van der Waals surface area contributed by atoms with Gasteiger partial charge in [-0.2, -0.15) is 27.1 Å². The van der Waals surface area contributed by atoms with Crippen LogP contribution in [0.3, 0.4) is 0 Å². The number of fused-ring (bicyclic) bond motifs is 2. The number of phenols is 2. The van der Waals surface area contributed by atoms with E-state index in [1.807, 2.05) is 0 Å². The van der Waals surface area contributed by atoms with Crippen LogP contribution in [0, 0.1) is 24.9 Å². The standard InChI is InChI=1S/C34H26N4O8S2/c1-17-15-19(11-13-21(17)27-23-7-3-5-9-25(23)31(39)29(37-35)33(27)47(41,42)43)20-12-14-22(18(2)16-20)28-24-8-4-6-10-26(24)32(40)30(38-36)34(28)48(44,45)46/h3-16,35-36,39-40H,1-2H3,(H,41,42,43)(H,44,45,46). The predicted molar refractivity (Wildman–Crippen MR) is 180 cm³/mol. The average molecular weight is 683 g/mol. The lowest BCUT2D eigenvalue weighted by atomic mass is 9.89. The molecule has 0 amide bonds. The first-order chi connectivity index (χ1) is 22.7. The highest BCUT2D eigenvalue weighted by Crippen LogP contribution is 2.50. The lowest BCUT2D eigenvalue weighted by Crippen LogP contribution is -2.04. The molecule has 0 aliphatic carbocycles. The fourth-order valence-electron chi connectivity index (χ4n) is 6.26. The maximum Gasteiger partial charge on any atom is 0.297 e. The molecule has 0 atom stereocenters. The van der Waals surface area contributed by atoms with Crippen LogP contribution in [-0.2, 0) is 20.2 Å². The number of aromatic hydroxyl groups is 2. The third kappa shape index (κ3) is 5.16. The smallest absolute Gasteiger partial charge is 0.297 e. The van der Waals surface area contributed by atoms with Crippen molar-refractivity contribution in [2.24, 2.45) is 10.2 Å². The van der Waals surface area contributed by atoms with Gasteiger partial charge in [0.15, 0.2) is 11.5 Å². The van der Waals surface area contributed by atoms with Crippen molar-refractivity contribution >= 4 is 53.2 Å². The van der Waals surface area contributed by atoms with E-state index in [0.29, 0.717) is 44.2 Å². The molecule has 0 bridgehead atoms. The van der Waals surface area contributed by atoms with Crippen LogP contribution < -0.4 is 0 Å². The summed E-state index contributed by atoms with van der Waals surface area (Å²) in [5.74, 6) is -1.10. The molecule has 48 heavy (non-hydrogen) atoms. The van der Waals surface area contributed by atoms with E-state index in [1.54, 1.807) is 98.8 Å². The Hall–Kier alpha value is -5.54. The van der Waals surface area contributed by atoms with Gasteiger partial charge in [0.25, 0.3) is 20.2 Å². The van der Waals surface area contributed by atoms with Gasteiger partial charge in [-0.3, -0.25) is 9.11 Å². The summed E-state index contributed by atoms with van der Waals surface area (Å²) in [6, 6.07) is 23.2. The molecule has 0 aliphatic heterocycles. The molecular formula is C34H26N4O8S2. The fourth-order valence-corrected chi connectivity index (χ4v) is 7.99. The predicted octanol–water partition coefficient (Wildman–Crippen LogP) is 8.84. The maximum atomic E-state index is 12.6. The highest BCUT2D eigenvalue weighted by Gasteiger charge is 2.30. The second-order valence-corrected chi connectivity index (χ2v) is 13.8. The summed E-state index contributed by atoms with van der Waals surface area (Å²) < 4.78 is 71.0. The molecule has 0 unspecified atom stereocenters. The fraction of sp³-hybridized carbons (Fsp3) is 0.0588. The summed E-state index contributed by atoms with van der Waals surface area (Å²) in [4.78, 5) is -1.39. The van der Waals surface area contributed by atoms with E-state index in [-0.39, 0.29) is 21.9 Å². The lowest BCUT2D eigenvalue weighted by Gasteiger charge is -2.19. The van der Waals surface area contributed by atoms with Gasteiger partial charge in [-0.05, 0) is 58.0 Å². The van der Waals surface area contributed by atoms with Crippen molar-refractivity contribution in [1.82, 2.24) is 0 Å². The molecule has 12 nitrogen and oxygen atoms in total. The molecular weight excluding hydrogens is 657 g/mol. The maximum absolute atomic E-state index is 12.6. The van der Waals surface area contributed by atoms with E-state index in [4.69, 9.17) is 11.1 Å². The van der Waals surface area contributed by atoms with Crippen LogP contribution in [0.4, 0.5) is 11.4 Å². The summed E-state index contributed by atoms with van der Waals surface area (Å²) >= 11 is 0. The van der Waals surface area contributed by atoms with E-state index in [1.165, 1.54) is 0 Å². The normalized spacial score (nSPS) is 12.0. The number of benzene rings is 6. The SMILES string of the molecule is Cc1cc(-c2ccc(-c3c(S(=O)(=O)O)c(N=N)c(O)c4ccccc34)c(C)c2)ccc1-c1c(S(=O)(=O)O)c(N=N)c(O)c2ccccc12. The van der Waals surface area contributed by atoms with Gasteiger partial charge in [0.1, 0.15) is 21.2 Å². The molecule has 6 aromatic carbocycles. The first-order valence-electron chi connectivity index (χ1n) is 14.2. The minimum Gasteiger partial charge on any atom is -0.505 e. The number of aryl methyl sites for hydroxylation is 2. The Morgan fingerprint density at radius 2 is 0.875 bits per heavy atom. The lowest BCUT2D eigenvalue weighted by molar-refractivity contribution is 0.472. The van der Waals surface area contributed by atoms with Crippen molar-refractivity contribution in [1.29, 1.82) is 11.1 Å². The average Bonchev–Trinajstić information content (AvgIpc) is 3.04. The molecule has 6 rings (SSSR count). The Kier molecular flexibility index (Phi) is 7.84. The molecule has 0 radical (unpaired) electrons. The second kappa shape index (κ2) is 11.6. The van der Waals surface area contributed by atoms with Crippen LogP contribution in [0.1, 0.15) is 11.1 Å². The number of hydrogen-bond acceptors (Lipinski definition) is 10. The summed E-state index contributed by atoms with van der Waals surface area (Å²) in [6.07, 6.45) is 0. The number of phenolic OH excluding ortho intramolecular Hbond substituents is 2. The molecule has 6 N–H and O–H groups in total. The minimum absolute atomic E-state index is 0.0695. The van der Waals surface area contributed by atoms with Crippen LogP contribution in [0.25, 0.3) is 54.9 Å². The highest BCUT2D eigenvalue weighted by molar-refractivity contribution is 7.86. The van der Waals surface area contributed by atoms with Crippen LogP contribution in [0.2, 0.25) is 0 Å². The van der Waals surface area contributed by atoms with Crippen LogP contribution in [0.5, 0.6) is 11.5 Å². The van der Waals surface area contributed by atoms with E-state index < -0.39 is 52.9 Å². The number of rotatable bonds is 7. The largest absolute Gasteiger partial charge is 0.505 e. The zero-order chi connectivity index (χ0) is 34.7. The van der Waals surface area contributed by atoms with Crippen molar-refractivity contribution in [3.8, 4) is 44.9 Å². The summed E-state index contributed by atoms with van der Waals surface area (Å²) in [5, 5.41) is 29.1. The zero-order valence-corrected chi connectivity index (χ0v) is 26.8. The molecule has 14 heteroatoms. The first kappa shape index (κ1) is 32.4. The Morgan fingerprint density at radius 3 is 1.17 bits per heavy atom. The molecule has 0 fully saturated rings. The van der Waals surface area contributed by atoms with Gasteiger partial charge in [0, 0.05) is 21.9 Å². The molecule has 0 heterocycles. The second-order valence-electron chi connectivity index (χ2n) is 11.1. The Labute approximate surface area is 274 Å². The Bertz CT molecular complexity index is 2420. The van der Waals surface area contributed by atoms with Gasteiger partial charge in [-0.15, -0.1) is 0 Å². The van der Waals surface area contributed by atoms with Crippen molar-refractivity contribution in [2.75, 3.05) is 0 Å². The topological polar surface area (TPSA) is 222 Å². The molecule has 242 valence electrons. The molecule has 6 aromatic rings. The zero-order valence-electron chi connectivity index (χ0n) is 25.2. The Morgan fingerprint density at radius 1 is 0.542 bits per heavy atom. The number of nitrogens with zero attached hydrogens (tertiary/aromatic N) is 2. The molecule has 0 spiro atoms. The van der Waals surface area contributed by atoms with Crippen LogP contribution in [-0.4, -0.2) is 36.2 Å². The van der Waals surface area contributed by atoms with E-state index >= 15 is 0 Å². The molecule has 0 saturated carbocycles. The van der Waals surface area contributed by atoms with Gasteiger partial charge in [0.2, 0.25) is 0 Å². The monoisotopic (exact) mass is 682 g/mol. The highest BCUT2D eigenvalue weighted by atomic mass is 32.2. The molecule has 0 aromatic heterocycles. The molecule has 0 saturated heterocycles. The van der Waals surface area contributed by atoms with Crippen LogP contribution >= 0.6 is 0 Å². The van der Waals surface area contributed by atoms with Gasteiger partial charge in [-0.1, -0.05) is 84.9 Å². The van der Waals surface area contributed by atoms with E-state index in [0.717, 1.165) is 0 Å². The van der Waals surface area contributed by atoms with Gasteiger partial charge >= 0.3 is 0 Å². The van der Waals surface area contributed by atoms with Crippen molar-refractivity contribution in [2.45, 2.75) is 23.6 Å². The van der Waals surface area contributed by atoms with Crippen molar-refractivity contribution in [3.05, 3.63) is 96.1 Å². The van der Waals surface area contributed by atoms with Gasteiger partial charge < -0.3 is 10.2 Å². The number of nitrogens with one attached hydrogen (secondary N) is 2. The summed E-state index contributed by atoms with van der Waals surface area (Å²) in [5.41, 5.74) is 17.5. The third-order valence-corrected chi connectivity index (χ3v) is 10.1. The van der Waals surface area contributed by atoms with E-state index in [2.05, 4.69) is 10.2 Å². The van der Waals surface area contributed by atoms with Crippen molar-refractivity contribution < 1.29 is 36.2 Å².